The predicted molar refractivity (Wildman–Crippen MR) is 89.6 cm³/mol. The lowest BCUT2D eigenvalue weighted by atomic mass is 10.1. The van der Waals surface area contributed by atoms with E-state index in [4.69, 9.17) is 6.42 Å². The van der Waals surface area contributed by atoms with Crippen LogP contribution in [0.15, 0.2) is 48.0 Å². The van der Waals surface area contributed by atoms with Crippen LogP contribution < -0.4 is 0 Å². The Labute approximate surface area is 134 Å². The van der Waals surface area contributed by atoms with E-state index in [1.807, 2.05) is 10.6 Å². The molecule has 0 aliphatic rings. The molecule has 0 unspecified atom stereocenters. The fraction of sp³-hybridized carbons (Fsp3) is 0.235. The van der Waals surface area contributed by atoms with Crippen molar-refractivity contribution in [3.8, 4) is 12.3 Å². The van der Waals surface area contributed by atoms with Gasteiger partial charge >= 0.3 is 0 Å². The number of imidazole rings is 1. The number of hydrogen-bond acceptors (Lipinski definition) is 4. The molecule has 0 radical (unpaired) electrons. The van der Waals surface area contributed by atoms with Gasteiger partial charge in [-0.1, -0.05) is 48.0 Å². The van der Waals surface area contributed by atoms with E-state index in [0.717, 1.165) is 34.9 Å². The summed E-state index contributed by atoms with van der Waals surface area (Å²) >= 11 is 1.67. The zero-order valence-corrected chi connectivity index (χ0v) is 13.0. The van der Waals surface area contributed by atoms with Gasteiger partial charge in [-0.2, -0.15) is 0 Å². The van der Waals surface area contributed by atoms with Crippen molar-refractivity contribution in [1.82, 2.24) is 19.5 Å². The van der Waals surface area contributed by atoms with Crippen molar-refractivity contribution < 1.29 is 0 Å². The van der Waals surface area contributed by atoms with Crippen molar-refractivity contribution in [1.29, 1.82) is 0 Å². The molecule has 5 heteroatoms. The maximum Gasteiger partial charge on any atom is 0.189 e. The molecule has 0 amide bonds. The van der Waals surface area contributed by atoms with Gasteiger partial charge in [-0.25, -0.2) is 15.0 Å². The minimum absolute atomic E-state index is 0.478. The van der Waals surface area contributed by atoms with Crippen LogP contribution in [0.5, 0.6) is 0 Å². The fourth-order valence-electron chi connectivity index (χ4n) is 2.21. The highest BCUT2D eigenvalue weighted by molar-refractivity contribution is 7.99. The highest BCUT2D eigenvalue weighted by Gasteiger charge is 2.06. The molecule has 0 bridgehead atoms. The molecule has 2 aromatic heterocycles. The van der Waals surface area contributed by atoms with Crippen molar-refractivity contribution in [3.63, 3.8) is 0 Å². The van der Waals surface area contributed by atoms with E-state index in [-0.39, 0.29) is 0 Å². The highest BCUT2D eigenvalue weighted by Crippen LogP contribution is 2.18. The Bertz CT molecular complexity index is 789. The van der Waals surface area contributed by atoms with Gasteiger partial charge < -0.3 is 4.57 Å². The summed E-state index contributed by atoms with van der Waals surface area (Å²) in [6.07, 6.45) is 11.0. The summed E-state index contributed by atoms with van der Waals surface area (Å²) in [6, 6.07) is 10.5. The van der Waals surface area contributed by atoms with Crippen molar-refractivity contribution in [2.24, 2.45) is 0 Å². The zero-order chi connectivity index (χ0) is 15.2. The number of terminal acetylenes is 1. The van der Waals surface area contributed by atoms with Crippen LogP contribution in [0.4, 0.5) is 0 Å². The average Bonchev–Trinajstić information content (AvgIpc) is 2.96. The molecule has 0 aliphatic carbocycles. The van der Waals surface area contributed by atoms with E-state index >= 15 is 0 Å². The molecular formula is C17H16N4S. The first-order valence-corrected chi connectivity index (χ1v) is 8.13. The van der Waals surface area contributed by atoms with Gasteiger partial charge in [0.1, 0.15) is 5.52 Å². The normalized spacial score (nSPS) is 10.7. The van der Waals surface area contributed by atoms with Crippen molar-refractivity contribution >= 4 is 22.9 Å². The lowest BCUT2D eigenvalue weighted by Gasteiger charge is -2.02. The first kappa shape index (κ1) is 14.6. The van der Waals surface area contributed by atoms with E-state index in [0.29, 0.717) is 6.54 Å². The van der Waals surface area contributed by atoms with Crippen LogP contribution in [-0.4, -0.2) is 25.3 Å². The SMILES string of the molecule is C#CCn1cnc2cnc(SCCCc3ccccc3)nc21. The van der Waals surface area contributed by atoms with Crippen molar-refractivity contribution in [3.05, 3.63) is 48.4 Å². The van der Waals surface area contributed by atoms with Gasteiger partial charge in [0.25, 0.3) is 0 Å². The Morgan fingerprint density at radius 3 is 2.86 bits per heavy atom. The molecule has 22 heavy (non-hydrogen) atoms. The average molecular weight is 308 g/mol. The number of rotatable bonds is 6. The second kappa shape index (κ2) is 7.10. The molecule has 0 fully saturated rings. The second-order valence-electron chi connectivity index (χ2n) is 4.88. The smallest absolute Gasteiger partial charge is 0.189 e. The molecular weight excluding hydrogens is 292 g/mol. The van der Waals surface area contributed by atoms with E-state index in [1.165, 1.54) is 5.56 Å². The van der Waals surface area contributed by atoms with Crippen LogP contribution in [0.3, 0.4) is 0 Å². The molecule has 110 valence electrons. The number of fused-ring (bicyclic) bond motifs is 1. The van der Waals surface area contributed by atoms with Crippen molar-refractivity contribution in [2.45, 2.75) is 24.5 Å². The summed E-state index contributed by atoms with van der Waals surface area (Å²) in [5, 5.41) is 0.777. The number of hydrogen-bond donors (Lipinski definition) is 0. The van der Waals surface area contributed by atoms with E-state index in [9.17, 15) is 0 Å². The summed E-state index contributed by atoms with van der Waals surface area (Å²) in [7, 11) is 0. The molecule has 3 rings (SSSR count). The van der Waals surface area contributed by atoms with Gasteiger partial charge in [-0.05, 0) is 18.4 Å². The molecule has 2 heterocycles. The highest BCUT2D eigenvalue weighted by atomic mass is 32.2. The minimum Gasteiger partial charge on any atom is -0.303 e. The molecule has 0 N–H and O–H groups in total. The van der Waals surface area contributed by atoms with E-state index in [1.54, 1.807) is 24.3 Å². The van der Waals surface area contributed by atoms with Gasteiger partial charge in [0.2, 0.25) is 0 Å². The van der Waals surface area contributed by atoms with Crippen molar-refractivity contribution in [2.75, 3.05) is 5.75 Å². The third-order valence-corrected chi connectivity index (χ3v) is 4.23. The molecule has 0 atom stereocenters. The number of aryl methyl sites for hydroxylation is 1. The number of benzene rings is 1. The summed E-state index contributed by atoms with van der Waals surface area (Å²) in [4.78, 5) is 13.2. The van der Waals surface area contributed by atoms with Crippen LogP contribution in [0.2, 0.25) is 0 Å². The standard InChI is InChI=1S/C17H16N4S/c1-2-10-21-13-19-15-12-18-17(20-16(15)21)22-11-6-9-14-7-4-3-5-8-14/h1,3-5,7-8,12-13H,6,9-11H2. The Balaban J connectivity index is 1.59. The van der Waals surface area contributed by atoms with Crippen LogP contribution in [-0.2, 0) is 13.0 Å². The summed E-state index contributed by atoms with van der Waals surface area (Å²) in [5.41, 5.74) is 2.95. The lowest BCUT2D eigenvalue weighted by Crippen LogP contribution is -1.97. The Morgan fingerprint density at radius 2 is 2.05 bits per heavy atom. The fourth-order valence-corrected chi connectivity index (χ4v) is 2.96. The van der Waals surface area contributed by atoms with Gasteiger partial charge in [0, 0.05) is 5.75 Å². The van der Waals surface area contributed by atoms with Gasteiger partial charge in [0.05, 0.1) is 19.1 Å². The Morgan fingerprint density at radius 1 is 1.18 bits per heavy atom. The Hall–Kier alpha value is -2.32. The van der Waals surface area contributed by atoms with Crippen LogP contribution in [0, 0.1) is 12.3 Å². The zero-order valence-electron chi connectivity index (χ0n) is 12.1. The third kappa shape index (κ3) is 3.46. The third-order valence-electron chi connectivity index (χ3n) is 3.28. The molecule has 0 spiro atoms. The van der Waals surface area contributed by atoms with Gasteiger partial charge in [0.15, 0.2) is 10.8 Å². The van der Waals surface area contributed by atoms with Gasteiger partial charge in [-0.3, -0.25) is 0 Å². The maximum atomic E-state index is 5.36. The molecule has 1 aromatic carbocycles. The monoisotopic (exact) mass is 308 g/mol. The van der Waals surface area contributed by atoms with E-state index < -0.39 is 0 Å². The molecule has 0 saturated carbocycles. The van der Waals surface area contributed by atoms with Crippen LogP contribution in [0.1, 0.15) is 12.0 Å². The first-order valence-electron chi connectivity index (χ1n) is 7.15. The number of aromatic nitrogens is 4. The topological polar surface area (TPSA) is 43.6 Å². The summed E-state index contributed by atoms with van der Waals surface area (Å²) < 4.78 is 1.87. The molecule has 0 saturated heterocycles. The predicted octanol–water partition coefficient (Wildman–Crippen LogP) is 3.18. The lowest BCUT2D eigenvalue weighted by molar-refractivity contribution is 0.842. The Kier molecular flexibility index (Phi) is 4.71. The number of nitrogens with zero attached hydrogens (tertiary/aromatic N) is 4. The quantitative estimate of drug-likeness (QED) is 0.304. The summed E-state index contributed by atoms with van der Waals surface area (Å²) in [6.45, 7) is 0.478. The largest absolute Gasteiger partial charge is 0.303 e. The molecule has 3 aromatic rings. The molecule has 4 nitrogen and oxygen atoms in total. The first-order chi connectivity index (χ1) is 10.9. The maximum absolute atomic E-state index is 5.36. The van der Waals surface area contributed by atoms with Crippen LogP contribution in [0.25, 0.3) is 11.2 Å². The van der Waals surface area contributed by atoms with Crippen LogP contribution >= 0.6 is 11.8 Å². The minimum atomic E-state index is 0.478. The number of thioether (sulfide) groups is 1. The van der Waals surface area contributed by atoms with E-state index in [2.05, 4.69) is 45.1 Å². The summed E-state index contributed by atoms with van der Waals surface area (Å²) in [5.74, 6) is 3.60. The second-order valence-corrected chi connectivity index (χ2v) is 5.94. The van der Waals surface area contributed by atoms with Gasteiger partial charge in [-0.15, -0.1) is 6.42 Å². The molecule has 0 aliphatic heterocycles.